The highest BCUT2D eigenvalue weighted by Gasteiger charge is 2.02. The lowest BCUT2D eigenvalue weighted by atomic mass is 10.2. The van der Waals surface area contributed by atoms with Crippen LogP contribution in [0.1, 0.15) is 5.56 Å². The minimum Gasteiger partial charge on any atom is -0.445 e. The number of carbonyl (C=O) groups is 2. The van der Waals surface area contributed by atoms with Crippen molar-refractivity contribution in [1.29, 1.82) is 0 Å². The molecule has 18 heavy (non-hydrogen) atoms. The molecule has 0 saturated carbocycles. The summed E-state index contributed by atoms with van der Waals surface area (Å²) in [6.07, 6.45) is 0.188. The van der Waals surface area contributed by atoms with E-state index in [1.54, 1.807) is 31.3 Å². The van der Waals surface area contributed by atoms with Crippen LogP contribution in [0.5, 0.6) is 0 Å². The van der Waals surface area contributed by atoms with Gasteiger partial charge in [-0.1, -0.05) is 12.1 Å². The van der Waals surface area contributed by atoms with E-state index in [2.05, 4.69) is 5.32 Å². The minimum absolute atomic E-state index is 0.190. The third kappa shape index (κ3) is 5.20. The van der Waals surface area contributed by atoms with Crippen molar-refractivity contribution in [3.05, 3.63) is 29.8 Å². The number of nitrogens with one attached hydrogen (secondary N) is 1. The number of alkyl carbamates (subject to hydrolysis) is 1. The number of carbonyl (C=O) groups excluding carboxylic acids is 2. The molecule has 0 aliphatic heterocycles. The Bertz CT molecular complexity index is 392. The minimum atomic E-state index is -0.508. The fourth-order valence-corrected chi connectivity index (χ4v) is 1.20. The molecule has 2 amide bonds. The first kappa shape index (κ1) is 13.8. The average Bonchev–Trinajstić information content (AvgIpc) is 2.38. The standard InChI is InChI=1S/C12H17N3O3/c1-15(9-16)7-6-14-12(17)18-8-10-2-4-11(13)5-3-10/h2-5,9H,6-8,13H2,1H3,(H,14,17). The fraction of sp³-hybridized carbons (Fsp3) is 0.333. The number of hydrogen-bond donors (Lipinski definition) is 2. The molecule has 98 valence electrons. The van der Waals surface area contributed by atoms with E-state index in [-0.39, 0.29) is 6.61 Å². The monoisotopic (exact) mass is 251 g/mol. The molecule has 0 fully saturated rings. The van der Waals surface area contributed by atoms with Crippen molar-refractivity contribution >= 4 is 18.2 Å². The van der Waals surface area contributed by atoms with Gasteiger partial charge in [-0.15, -0.1) is 0 Å². The van der Waals surface area contributed by atoms with Crippen LogP contribution in [0.2, 0.25) is 0 Å². The molecule has 0 aliphatic rings. The predicted octanol–water partition coefficient (Wildman–Crippen LogP) is 0.583. The van der Waals surface area contributed by atoms with E-state index in [0.717, 1.165) is 5.56 Å². The summed E-state index contributed by atoms with van der Waals surface area (Å²) in [5.41, 5.74) is 7.07. The van der Waals surface area contributed by atoms with Gasteiger partial charge in [0.25, 0.3) is 0 Å². The van der Waals surface area contributed by atoms with Crippen LogP contribution in [0.25, 0.3) is 0 Å². The molecule has 0 aromatic heterocycles. The maximum absolute atomic E-state index is 11.3. The van der Waals surface area contributed by atoms with E-state index in [1.165, 1.54) is 4.90 Å². The highest BCUT2D eigenvalue weighted by Crippen LogP contribution is 2.06. The molecule has 1 rings (SSSR count). The maximum atomic E-state index is 11.3. The Kier molecular flexibility index (Phi) is 5.50. The summed E-state index contributed by atoms with van der Waals surface area (Å²) < 4.78 is 4.99. The summed E-state index contributed by atoms with van der Waals surface area (Å²) in [7, 11) is 1.63. The van der Waals surface area contributed by atoms with Gasteiger partial charge in [-0.2, -0.15) is 0 Å². The van der Waals surface area contributed by atoms with Gasteiger partial charge in [0.1, 0.15) is 6.61 Å². The third-order valence-electron chi connectivity index (χ3n) is 2.26. The Morgan fingerprint density at radius 3 is 2.72 bits per heavy atom. The molecular formula is C12H17N3O3. The van der Waals surface area contributed by atoms with Gasteiger partial charge in [0, 0.05) is 25.8 Å². The van der Waals surface area contributed by atoms with Crippen molar-refractivity contribution in [2.75, 3.05) is 25.9 Å². The molecule has 1 aromatic carbocycles. The highest BCUT2D eigenvalue weighted by atomic mass is 16.5. The summed E-state index contributed by atoms with van der Waals surface area (Å²) in [5.74, 6) is 0. The van der Waals surface area contributed by atoms with Crippen LogP contribution in [0.3, 0.4) is 0 Å². The van der Waals surface area contributed by atoms with E-state index in [4.69, 9.17) is 10.5 Å². The number of nitrogen functional groups attached to an aromatic ring is 1. The number of nitrogens with zero attached hydrogens (tertiary/aromatic N) is 1. The molecule has 1 aromatic rings. The van der Waals surface area contributed by atoms with E-state index >= 15 is 0 Å². The number of likely N-dealkylation sites (N-methyl/N-ethyl adjacent to an activating group) is 1. The van der Waals surface area contributed by atoms with Crippen molar-refractivity contribution in [2.45, 2.75) is 6.61 Å². The van der Waals surface area contributed by atoms with Gasteiger partial charge in [0.05, 0.1) is 0 Å². The van der Waals surface area contributed by atoms with Gasteiger partial charge >= 0.3 is 6.09 Å². The number of hydrogen-bond acceptors (Lipinski definition) is 4. The number of benzene rings is 1. The normalized spacial score (nSPS) is 9.61. The number of ether oxygens (including phenoxy) is 1. The van der Waals surface area contributed by atoms with Gasteiger partial charge in [0.2, 0.25) is 6.41 Å². The van der Waals surface area contributed by atoms with Gasteiger partial charge in [0.15, 0.2) is 0 Å². The smallest absolute Gasteiger partial charge is 0.407 e. The second-order valence-electron chi connectivity index (χ2n) is 3.83. The summed E-state index contributed by atoms with van der Waals surface area (Å²) in [6.45, 7) is 0.992. The molecule has 3 N–H and O–H groups in total. The van der Waals surface area contributed by atoms with Crippen LogP contribution in [-0.2, 0) is 16.1 Å². The molecule has 0 saturated heterocycles. The Labute approximate surface area is 106 Å². The molecule has 0 heterocycles. The molecule has 0 bridgehead atoms. The quantitative estimate of drug-likeness (QED) is 0.572. The van der Waals surface area contributed by atoms with Gasteiger partial charge < -0.3 is 20.7 Å². The van der Waals surface area contributed by atoms with E-state index in [1.807, 2.05) is 0 Å². The zero-order valence-electron chi connectivity index (χ0n) is 10.3. The second kappa shape index (κ2) is 7.16. The van der Waals surface area contributed by atoms with Crippen LogP contribution in [0, 0.1) is 0 Å². The molecule has 0 radical (unpaired) electrons. The molecule has 6 heteroatoms. The molecular weight excluding hydrogens is 234 g/mol. The molecule has 6 nitrogen and oxygen atoms in total. The third-order valence-corrected chi connectivity index (χ3v) is 2.26. The largest absolute Gasteiger partial charge is 0.445 e. The average molecular weight is 251 g/mol. The van der Waals surface area contributed by atoms with Crippen LogP contribution in [-0.4, -0.2) is 37.5 Å². The van der Waals surface area contributed by atoms with Crippen LogP contribution in [0.15, 0.2) is 24.3 Å². The first-order chi connectivity index (χ1) is 8.61. The Hall–Kier alpha value is -2.24. The summed E-state index contributed by atoms with van der Waals surface area (Å²) >= 11 is 0. The molecule has 0 atom stereocenters. The topological polar surface area (TPSA) is 84.7 Å². The number of amides is 2. The lowest BCUT2D eigenvalue weighted by molar-refractivity contribution is -0.116. The highest BCUT2D eigenvalue weighted by molar-refractivity contribution is 5.67. The molecule has 0 unspecified atom stereocenters. The van der Waals surface area contributed by atoms with E-state index in [0.29, 0.717) is 25.2 Å². The summed E-state index contributed by atoms with van der Waals surface area (Å²) in [5, 5.41) is 2.54. The van der Waals surface area contributed by atoms with Crippen LogP contribution >= 0.6 is 0 Å². The van der Waals surface area contributed by atoms with E-state index in [9.17, 15) is 9.59 Å². The van der Waals surface area contributed by atoms with E-state index < -0.39 is 6.09 Å². The first-order valence-electron chi connectivity index (χ1n) is 5.52. The number of rotatable bonds is 6. The zero-order chi connectivity index (χ0) is 13.4. The van der Waals surface area contributed by atoms with Crippen molar-refractivity contribution in [1.82, 2.24) is 10.2 Å². The van der Waals surface area contributed by atoms with Crippen molar-refractivity contribution in [2.24, 2.45) is 0 Å². The zero-order valence-corrected chi connectivity index (χ0v) is 10.3. The Morgan fingerprint density at radius 1 is 1.44 bits per heavy atom. The van der Waals surface area contributed by atoms with Gasteiger partial charge in [-0.05, 0) is 17.7 Å². The Balaban J connectivity index is 2.20. The molecule has 0 aliphatic carbocycles. The van der Waals surface area contributed by atoms with Crippen LogP contribution < -0.4 is 11.1 Å². The van der Waals surface area contributed by atoms with Gasteiger partial charge in [-0.25, -0.2) is 4.79 Å². The first-order valence-corrected chi connectivity index (χ1v) is 5.52. The van der Waals surface area contributed by atoms with Crippen molar-refractivity contribution < 1.29 is 14.3 Å². The lowest BCUT2D eigenvalue weighted by Gasteiger charge is -2.11. The summed E-state index contributed by atoms with van der Waals surface area (Å²) in [4.78, 5) is 23.0. The van der Waals surface area contributed by atoms with Crippen LogP contribution in [0.4, 0.5) is 10.5 Å². The van der Waals surface area contributed by atoms with Crippen molar-refractivity contribution in [3.8, 4) is 0 Å². The lowest BCUT2D eigenvalue weighted by Crippen LogP contribution is -2.32. The maximum Gasteiger partial charge on any atom is 0.407 e. The van der Waals surface area contributed by atoms with Crippen molar-refractivity contribution in [3.63, 3.8) is 0 Å². The predicted molar refractivity (Wildman–Crippen MR) is 67.7 cm³/mol. The second-order valence-corrected chi connectivity index (χ2v) is 3.83. The fourth-order valence-electron chi connectivity index (χ4n) is 1.20. The Morgan fingerprint density at radius 2 is 2.11 bits per heavy atom. The number of anilines is 1. The SMILES string of the molecule is CN(C=O)CCNC(=O)OCc1ccc(N)cc1. The summed E-state index contributed by atoms with van der Waals surface area (Å²) in [6, 6.07) is 7.08. The molecule has 0 spiro atoms. The number of nitrogens with two attached hydrogens (primary N) is 1. The van der Waals surface area contributed by atoms with Gasteiger partial charge in [-0.3, -0.25) is 4.79 Å².